The first-order valence-electron chi connectivity index (χ1n) is 8.08. The first kappa shape index (κ1) is 19.7. The van der Waals surface area contributed by atoms with Gasteiger partial charge in [-0.15, -0.1) is 0 Å². The molecule has 0 aliphatic rings. The Hall–Kier alpha value is -3.62. The molecule has 0 saturated carbocycles. The molecular weight excluding hydrogens is 354 g/mol. The maximum atomic E-state index is 12.2. The Labute approximate surface area is 155 Å². The molecule has 0 unspecified atom stereocenters. The van der Waals surface area contributed by atoms with Crippen molar-refractivity contribution in [3.8, 4) is 5.75 Å². The minimum atomic E-state index is -0.541. The van der Waals surface area contributed by atoms with Crippen LogP contribution >= 0.6 is 0 Å². The molecule has 0 atom stereocenters. The number of nitro benzene ring substituents is 1. The summed E-state index contributed by atoms with van der Waals surface area (Å²) in [6, 6.07) is 10.5. The Kier molecular flexibility index (Phi) is 6.70. The van der Waals surface area contributed by atoms with E-state index in [0.29, 0.717) is 17.1 Å². The van der Waals surface area contributed by atoms with E-state index < -0.39 is 16.8 Å². The van der Waals surface area contributed by atoms with Crippen molar-refractivity contribution < 1.29 is 24.0 Å². The number of non-ortho nitro benzene ring substituents is 1. The molecule has 2 N–H and O–H groups in total. The van der Waals surface area contributed by atoms with E-state index in [1.54, 1.807) is 31.2 Å². The van der Waals surface area contributed by atoms with Gasteiger partial charge in [0.15, 0.2) is 0 Å². The molecule has 142 valence electrons. The summed E-state index contributed by atoms with van der Waals surface area (Å²) in [6.07, 6.45) is 0. The second-order valence-corrected chi connectivity index (χ2v) is 5.31. The number of methoxy groups -OCH3 is 1. The number of nitrogens with zero attached hydrogens (tertiary/aromatic N) is 1. The summed E-state index contributed by atoms with van der Waals surface area (Å²) < 4.78 is 10.1. The zero-order valence-electron chi connectivity index (χ0n) is 14.9. The zero-order valence-corrected chi connectivity index (χ0v) is 14.9. The lowest BCUT2D eigenvalue weighted by Gasteiger charge is -2.13. The fourth-order valence-electron chi connectivity index (χ4n) is 2.30. The molecule has 0 spiro atoms. The van der Waals surface area contributed by atoms with Gasteiger partial charge in [0.25, 0.3) is 5.69 Å². The van der Waals surface area contributed by atoms with Gasteiger partial charge in [-0.2, -0.15) is 0 Å². The van der Waals surface area contributed by atoms with Gasteiger partial charge in [-0.05, 0) is 25.1 Å². The topological polar surface area (TPSA) is 120 Å². The van der Waals surface area contributed by atoms with Crippen molar-refractivity contribution in [2.75, 3.05) is 30.9 Å². The van der Waals surface area contributed by atoms with Gasteiger partial charge in [-0.3, -0.25) is 14.9 Å². The number of nitro groups is 1. The third-order valence-electron chi connectivity index (χ3n) is 3.53. The monoisotopic (exact) mass is 373 g/mol. The molecule has 2 aromatic rings. The van der Waals surface area contributed by atoms with E-state index >= 15 is 0 Å². The molecule has 0 aromatic heterocycles. The van der Waals surface area contributed by atoms with Crippen LogP contribution in [0.5, 0.6) is 5.75 Å². The van der Waals surface area contributed by atoms with Gasteiger partial charge in [0.2, 0.25) is 5.91 Å². The standard InChI is InChI=1S/C18H19N3O6/c1-3-27-18(23)13-6-4-5-7-14(13)20-17(22)11-19-15-10-12(21(24)25)8-9-16(15)26-2/h4-10,19H,3,11H2,1-2H3,(H,20,22). The molecule has 0 fully saturated rings. The van der Waals surface area contributed by atoms with E-state index in [-0.39, 0.29) is 24.4 Å². The minimum absolute atomic E-state index is 0.133. The van der Waals surface area contributed by atoms with Gasteiger partial charge < -0.3 is 20.1 Å². The molecule has 0 heterocycles. The summed E-state index contributed by atoms with van der Waals surface area (Å²) in [5.74, 6) is -0.623. The summed E-state index contributed by atoms with van der Waals surface area (Å²) in [5, 5.41) is 16.3. The number of rotatable bonds is 8. The number of hydrogen-bond donors (Lipinski definition) is 2. The van der Waals surface area contributed by atoms with E-state index in [1.165, 1.54) is 25.3 Å². The average molecular weight is 373 g/mol. The molecule has 1 amide bonds. The first-order valence-corrected chi connectivity index (χ1v) is 8.08. The molecule has 0 radical (unpaired) electrons. The van der Waals surface area contributed by atoms with Crippen molar-refractivity contribution in [3.63, 3.8) is 0 Å². The number of anilines is 2. The number of para-hydroxylation sites is 1. The summed E-state index contributed by atoms with van der Waals surface area (Å²) in [7, 11) is 1.42. The van der Waals surface area contributed by atoms with Crippen LogP contribution in [0.15, 0.2) is 42.5 Å². The van der Waals surface area contributed by atoms with Gasteiger partial charge in [-0.1, -0.05) is 12.1 Å². The lowest BCUT2D eigenvalue weighted by Crippen LogP contribution is -2.23. The van der Waals surface area contributed by atoms with Crippen LogP contribution in [0.4, 0.5) is 17.1 Å². The predicted octanol–water partition coefficient (Wildman–Crippen LogP) is 2.83. The highest BCUT2D eigenvalue weighted by Crippen LogP contribution is 2.28. The molecule has 9 nitrogen and oxygen atoms in total. The number of amides is 1. The number of hydrogen-bond acceptors (Lipinski definition) is 7. The summed E-state index contributed by atoms with van der Waals surface area (Å²) in [5.41, 5.74) is 0.723. The van der Waals surface area contributed by atoms with Crippen LogP contribution in [-0.2, 0) is 9.53 Å². The van der Waals surface area contributed by atoms with Crippen molar-refractivity contribution in [1.82, 2.24) is 0 Å². The second-order valence-electron chi connectivity index (χ2n) is 5.31. The lowest BCUT2D eigenvalue weighted by molar-refractivity contribution is -0.384. The van der Waals surface area contributed by atoms with Crippen molar-refractivity contribution >= 4 is 28.9 Å². The first-order chi connectivity index (χ1) is 13.0. The molecule has 0 aliphatic carbocycles. The Bertz CT molecular complexity index is 853. The smallest absolute Gasteiger partial charge is 0.340 e. The van der Waals surface area contributed by atoms with Crippen LogP contribution in [0.1, 0.15) is 17.3 Å². The number of nitrogens with one attached hydrogen (secondary N) is 2. The van der Waals surface area contributed by atoms with Crippen molar-refractivity contribution in [2.24, 2.45) is 0 Å². The highest BCUT2D eigenvalue weighted by atomic mass is 16.6. The Balaban J connectivity index is 2.09. The summed E-state index contributed by atoms with van der Waals surface area (Å²) in [6.45, 7) is 1.72. The van der Waals surface area contributed by atoms with E-state index in [2.05, 4.69) is 10.6 Å². The minimum Gasteiger partial charge on any atom is -0.495 e. The highest BCUT2D eigenvalue weighted by Gasteiger charge is 2.15. The van der Waals surface area contributed by atoms with Crippen molar-refractivity contribution in [2.45, 2.75) is 6.92 Å². The number of carbonyl (C=O) groups is 2. The maximum Gasteiger partial charge on any atom is 0.340 e. The number of carbonyl (C=O) groups excluding carboxylic acids is 2. The molecule has 0 bridgehead atoms. The summed E-state index contributed by atoms with van der Waals surface area (Å²) in [4.78, 5) is 34.5. The van der Waals surface area contributed by atoms with Gasteiger partial charge in [-0.25, -0.2) is 4.79 Å². The van der Waals surface area contributed by atoms with Crippen LogP contribution in [-0.4, -0.2) is 37.1 Å². The zero-order chi connectivity index (χ0) is 19.8. The fourth-order valence-corrected chi connectivity index (χ4v) is 2.30. The molecule has 2 rings (SSSR count). The average Bonchev–Trinajstić information content (AvgIpc) is 2.66. The highest BCUT2D eigenvalue weighted by molar-refractivity contribution is 6.02. The maximum absolute atomic E-state index is 12.2. The van der Waals surface area contributed by atoms with Crippen LogP contribution < -0.4 is 15.4 Å². The van der Waals surface area contributed by atoms with Crippen molar-refractivity contribution in [3.05, 3.63) is 58.1 Å². The van der Waals surface area contributed by atoms with Gasteiger partial charge in [0.05, 0.1) is 42.1 Å². The Morgan fingerprint density at radius 1 is 1.15 bits per heavy atom. The normalized spacial score (nSPS) is 10.0. The van der Waals surface area contributed by atoms with Gasteiger partial charge >= 0.3 is 5.97 Å². The largest absolute Gasteiger partial charge is 0.495 e. The van der Waals surface area contributed by atoms with E-state index in [0.717, 1.165) is 0 Å². The third kappa shape index (κ3) is 5.18. The fraction of sp³-hybridized carbons (Fsp3) is 0.222. The third-order valence-corrected chi connectivity index (χ3v) is 3.53. The molecule has 0 saturated heterocycles. The van der Waals surface area contributed by atoms with Crippen LogP contribution in [0, 0.1) is 10.1 Å². The van der Waals surface area contributed by atoms with Crippen LogP contribution in [0.3, 0.4) is 0 Å². The van der Waals surface area contributed by atoms with E-state index in [1.807, 2.05) is 0 Å². The van der Waals surface area contributed by atoms with Crippen LogP contribution in [0.2, 0.25) is 0 Å². The molecular formula is C18H19N3O6. The SMILES string of the molecule is CCOC(=O)c1ccccc1NC(=O)CNc1cc([N+](=O)[O-])ccc1OC. The molecule has 27 heavy (non-hydrogen) atoms. The quantitative estimate of drug-likeness (QED) is 0.415. The number of benzene rings is 2. The van der Waals surface area contributed by atoms with E-state index in [4.69, 9.17) is 9.47 Å². The Morgan fingerprint density at radius 3 is 2.56 bits per heavy atom. The summed E-state index contributed by atoms with van der Waals surface area (Å²) >= 11 is 0. The number of ether oxygens (including phenoxy) is 2. The molecule has 9 heteroatoms. The number of esters is 1. The molecule has 0 aliphatic heterocycles. The van der Waals surface area contributed by atoms with E-state index in [9.17, 15) is 19.7 Å². The van der Waals surface area contributed by atoms with Crippen LogP contribution in [0.25, 0.3) is 0 Å². The van der Waals surface area contributed by atoms with Gasteiger partial charge in [0, 0.05) is 12.1 Å². The Morgan fingerprint density at radius 2 is 1.89 bits per heavy atom. The van der Waals surface area contributed by atoms with Gasteiger partial charge in [0.1, 0.15) is 5.75 Å². The predicted molar refractivity (Wildman–Crippen MR) is 99.2 cm³/mol. The second kappa shape index (κ2) is 9.18. The molecule has 2 aromatic carbocycles. The van der Waals surface area contributed by atoms with Crippen molar-refractivity contribution in [1.29, 1.82) is 0 Å². The lowest BCUT2D eigenvalue weighted by atomic mass is 10.2.